The highest BCUT2D eigenvalue weighted by molar-refractivity contribution is 14.0. The fraction of sp³-hybridized carbons (Fsp3) is 0.952. The molecule has 3 heterocycles. The van der Waals surface area contributed by atoms with Gasteiger partial charge < -0.3 is 24.6 Å². The maximum Gasteiger partial charge on any atom is 0.193 e. The van der Waals surface area contributed by atoms with E-state index >= 15 is 0 Å². The molecule has 6 nitrogen and oxygen atoms in total. The van der Waals surface area contributed by atoms with Crippen LogP contribution in [0, 0.1) is 5.92 Å². The number of piperidine rings is 2. The Morgan fingerprint density at radius 2 is 1.82 bits per heavy atom. The lowest BCUT2D eigenvalue weighted by Gasteiger charge is -2.35. The van der Waals surface area contributed by atoms with Gasteiger partial charge in [0.2, 0.25) is 0 Å². The average Bonchev–Trinajstić information content (AvgIpc) is 2.72. The van der Waals surface area contributed by atoms with Crippen molar-refractivity contribution in [2.24, 2.45) is 10.9 Å². The van der Waals surface area contributed by atoms with Crippen molar-refractivity contribution < 1.29 is 9.47 Å². The van der Waals surface area contributed by atoms with Crippen LogP contribution in [-0.2, 0) is 9.47 Å². The van der Waals surface area contributed by atoms with Crippen LogP contribution in [0.5, 0.6) is 0 Å². The Morgan fingerprint density at radius 1 is 1.07 bits per heavy atom. The summed E-state index contributed by atoms with van der Waals surface area (Å²) in [4.78, 5) is 9.46. The van der Waals surface area contributed by atoms with E-state index in [1.165, 1.54) is 38.8 Å². The van der Waals surface area contributed by atoms with Crippen molar-refractivity contribution in [2.75, 3.05) is 59.5 Å². The summed E-state index contributed by atoms with van der Waals surface area (Å²) >= 11 is 0. The number of nitrogens with one attached hydrogen (secondary N) is 1. The third-order valence-electron chi connectivity index (χ3n) is 6.33. The summed E-state index contributed by atoms with van der Waals surface area (Å²) in [5.74, 6) is 1.95. The third-order valence-corrected chi connectivity index (χ3v) is 6.33. The lowest BCUT2D eigenvalue weighted by molar-refractivity contribution is -0.0721. The summed E-state index contributed by atoms with van der Waals surface area (Å²) < 4.78 is 11.9. The fourth-order valence-electron chi connectivity index (χ4n) is 4.36. The van der Waals surface area contributed by atoms with Crippen LogP contribution >= 0.6 is 24.0 Å². The van der Waals surface area contributed by atoms with Crippen molar-refractivity contribution >= 4 is 29.9 Å². The Bertz CT molecular complexity index is 444. The molecule has 0 amide bonds. The van der Waals surface area contributed by atoms with Gasteiger partial charge in [0.05, 0.1) is 18.8 Å². The van der Waals surface area contributed by atoms with E-state index < -0.39 is 0 Å². The number of hydrogen-bond donors (Lipinski definition) is 1. The molecular formula is C21H41IN4O2. The van der Waals surface area contributed by atoms with Crippen molar-refractivity contribution in [3.63, 3.8) is 0 Å². The number of halogens is 1. The molecule has 1 N–H and O–H groups in total. The van der Waals surface area contributed by atoms with Gasteiger partial charge in [0.25, 0.3) is 0 Å². The first-order valence-corrected chi connectivity index (χ1v) is 11.2. The second kappa shape index (κ2) is 13.2. The topological polar surface area (TPSA) is 49.3 Å². The summed E-state index contributed by atoms with van der Waals surface area (Å²) in [6.07, 6.45) is 9.19. The SMILES string of the molecule is CN=C(NCCN1CCC(C)CC1)N1CCC(OCC2CCCCO2)CC1.I. The maximum absolute atomic E-state index is 6.13. The van der Waals surface area contributed by atoms with Crippen LogP contribution in [0.4, 0.5) is 0 Å². The molecule has 0 saturated carbocycles. The van der Waals surface area contributed by atoms with Crippen LogP contribution in [0.25, 0.3) is 0 Å². The van der Waals surface area contributed by atoms with Gasteiger partial charge >= 0.3 is 0 Å². The Hall–Kier alpha value is -0.120. The predicted octanol–water partition coefficient (Wildman–Crippen LogP) is 2.96. The van der Waals surface area contributed by atoms with E-state index in [2.05, 4.69) is 27.0 Å². The van der Waals surface area contributed by atoms with E-state index in [9.17, 15) is 0 Å². The lowest BCUT2D eigenvalue weighted by Crippen LogP contribution is -2.49. The smallest absolute Gasteiger partial charge is 0.193 e. The molecule has 7 heteroatoms. The number of guanidine groups is 1. The summed E-state index contributed by atoms with van der Waals surface area (Å²) in [6.45, 7) is 10.7. The first kappa shape index (κ1) is 24.2. The van der Waals surface area contributed by atoms with Gasteiger partial charge in [-0.2, -0.15) is 0 Å². The number of rotatable bonds is 6. The van der Waals surface area contributed by atoms with Gasteiger partial charge in [-0.25, -0.2) is 0 Å². The van der Waals surface area contributed by atoms with Crippen molar-refractivity contribution in [1.82, 2.24) is 15.1 Å². The van der Waals surface area contributed by atoms with Gasteiger partial charge in [-0.1, -0.05) is 6.92 Å². The molecule has 0 aromatic heterocycles. The Labute approximate surface area is 188 Å². The Morgan fingerprint density at radius 3 is 2.46 bits per heavy atom. The number of nitrogens with zero attached hydrogens (tertiary/aromatic N) is 3. The summed E-state index contributed by atoms with van der Waals surface area (Å²) in [6, 6.07) is 0. The molecule has 0 aromatic rings. The van der Waals surface area contributed by atoms with Crippen LogP contribution in [0.15, 0.2) is 4.99 Å². The second-order valence-electron chi connectivity index (χ2n) is 8.51. The standard InChI is InChI=1S/C21H40N4O2.HI/c1-18-6-11-24(12-7-18)15-10-23-21(22-2)25-13-8-19(9-14-25)27-17-20-5-3-4-16-26-20;/h18-20H,3-17H2,1-2H3,(H,22,23);1H. The predicted molar refractivity (Wildman–Crippen MR) is 126 cm³/mol. The summed E-state index contributed by atoms with van der Waals surface area (Å²) in [5.41, 5.74) is 0. The molecule has 0 radical (unpaired) electrons. The van der Waals surface area contributed by atoms with Crippen LogP contribution in [0.1, 0.15) is 51.9 Å². The van der Waals surface area contributed by atoms with E-state index in [1.807, 2.05) is 7.05 Å². The quantitative estimate of drug-likeness (QED) is 0.340. The molecule has 28 heavy (non-hydrogen) atoms. The molecule has 3 fully saturated rings. The van der Waals surface area contributed by atoms with E-state index in [1.54, 1.807) is 0 Å². The number of ether oxygens (including phenoxy) is 2. The fourth-order valence-corrected chi connectivity index (χ4v) is 4.36. The third kappa shape index (κ3) is 7.95. The molecule has 3 saturated heterocycles. The minimum absolute atomic E-state index is 0. The van der Waals surface area contributed by atoms with Crippen molar-refractivity contribution in [3.05, 3.63) is 0 Å². The molecular weight excluding hydrogens is 467 g/mol. The first-order chi connectivity index (χ1) is 13.2. The summed E-state index contributed by atoms with van der Waals surface area (Å²) in [5, 5.41) is 3.57. The van der Waals surface area contributed by atoms with Gasteiger partial charge in [-0.3, -0.25) is 4.99 Å². The molecule has 1 atom stereocenters. The highest BCUT2D eigenvalue weighted by Gasteiger charge is 2.24. The van der Waals surface area contributed by atoms with E-state index in [-0.39, 0.29) is 24.0 Å². The second-order valence-corrected chi connectivity index (χ2v) is 8.51. The molecule has 1 unspecified atom stereocenters. The largest absolute Gasteiger partial charge is 0.376 e. The van der Waals surface area contributed by atoms with E-state index in [4.69, 9.17) is 9.47 Å². The minimum Gasteiger partial charge on any atom is -0.376 e. The molecule has 0 aromatic carbocycles. The molecule has 0 spiro atoms. The van der Waals surface area contributed by atoms with Gasteiger partial charge in [0.1, 0.15) is 0 Å². The molecule has 0 aliphatic carbocycles. The van der Waals surface area contributed by atoms with Crippen molar-refractivity contribution in [3.8, 4) is 0 Å². The monoisotopic (exact) mass is 508 g/mol. The average molecular weight is 508 g/mol. The normalized spacial score (nSPS) is 26.1. The van der Waals surface area contributed by atoms with Crippen LogP contribution in [0.3, 0.4) is 0 Å². The van der Waals surface area contributed by atoms with Gasteiger partial charge in [-0.15, -0.1) is 24.0 Å². The molecule has 0 bridgehead atoms. The number of aliphatic imine (C=N–C) groups is 1. The zero-order chi connectivity index (χ0) is 18.9. The highest BCUT2D eigenvalue weighted by Crippen LogP contribution is 2.18. The van der Waals surface area contributed by atoms with Crippen LogP contribution < -0.4 is 5.32 Å². The molecule has 3 aliphatic rings. The van der Waals surface area contributed by atoms with Gasteiger partial charge in [0, 0.05) is 39.8 Å². The minimum atomic E-state index is 0. The lowest BCUT2D eigenvalue weighted by atomic mass is 9.99. The molecule has 164 valence electrons. The van der Waals surface area contributed by atoms with Gasteiger partial charge in [-0.05, 0) is 64.0 Å². The number of likely N-dealkylation sites (tertiary alicyclic amines) is 2. The summed E-state index contributed by atoms with van der Waals surface area (Å²) in [7, 11) is 1.90. The molecule has 3 rings (SSSR count). The Balaban J connectivity index is 0.00000280. The van der Waals surface area contributed by atoms with Crippen LogP contribution in [0.2, 0.25) is 0 Å². The molecule has 3 aliphatic heterocycles. The van der Waals surface area contributed by atoms with Crippen molar-refractivity contribution in [1.29, 1.82) is 0 Å². The van der Waals surface area contributed by atoms with E-state index in [0.29, 0.717) is 12.2 Å². The zero-order valence-corrected chi connectivity index (χ0v) is 20.2. The highest BCUT2D eigenvalue weighted by atomic mass is 127. The zero-order valence-electron chi connectivity index (χ0n) is 17.9. The van der Waals surface area contributed by atoms with Crippen molar-refractivity contribution in [2.45, 2.75) is 64.1 Å². The first-order valence-electron chi connectivity index (χ1n) is 11.2. The Kier molecular flexibility index (Phi) is 11.4. The van der Waals surface area contributed by atoms with Crippen LogP contribution in [-0.4, -0.2) is 87.5 Å². The van der Waals surface area contributed by atoms with Gasteiger partial charge in [0.15, 0.2) is 5.96 Å². The van der Waals surface area contributed by atoms with E-state index in [0.717, 1.165) is 70.5 Å². The number of hydrogen-bond acceptors (Lipinski definition) is 4. The maximum atomic E-state index is 6.13.